The molecule has 0 saturated heterocycles. The molecule has 0 aliphatic rings. The maximum Gasteiger partial charge on any atom is 0.0588 e. The van der Waals surface area contributed by atoms with Gasteiger partial charge in [-0.25, -0.2) is 0 Å². The van der Waals surface area contributed by atoms with Crippen LogP contribution in [0.15, 0.2) is 48.5 Å². The van der Waals surface area contributed by atoms with E-state index in [0.717, 1.165) is 17.9 Å². The number of aryl methyl sites for hydroxylation is 2. The molecule has 0 fully saturated rings. The third kappa shape index (κ3) is 3.51. The molecule has 0 amide bonds. The van der Waals surface area contributed by atoms with Gasteiger partial charge < -0.3 is 0 Å². The molecule has 2 aromatic carbocycles. The highest BCUT2D eigenvalue weighted by atomic mass is 35.5. The maximum absolute atomic E-state index is 6.40. The number of halogens is 2. The first kappa shape index (κ1) is 13.5. The monoisotopic (exact) mass is 278 g/mol. The van der Waals surface area contributed by atoms with E-state index in [1.54, 1.807) is 0 Å². The highest BCUT2D eigenvalue weighted by Gasteiger charge is 2.09. The molecule has 0 nitrogen and oxygen atoms in total. The van der Waals surface area contributed by atoms with Crippen molar-refractivity contribution in [2.75, 3.05) is 0 Å². The highest BCUT2D eigenvalue weighted by molar-refractivity contribution is 6.31. The molecule has 1 atom stereocenters. The minimum absolute atomic E-state index is 0.0450. The lowest BCUT2D eigenvalue weighted by Crippen LogP contribution is -1.95. The van der Waals surface area contributed by atoms with E-state index in [9.17, 15) is 0 Å². The first-order chi connectivity index (χ1) is 8.66. The van der Waals surface area contributed by atoms with Crippen LogP contribution in [0.2, 0.25) is 5.02 Å². The number of hydrogen-bond donors (Lipinski definition) is 0. The summed E-state index contributed by atoms with van der Waals surface area (Å²) in [4.78, 5) is 0. The van der Waals surface area contributed by atoms with Crippen LogP contribution in [0.5, 0.6) is 0 Å². The average Bonchev–Trinajstić information content (AvgIpc) is 2.38. The van der Waals surface area contributed by atoms with Gasteiger partial charge >= 0.3 is 0 Å². The average molecular weight is 279 g/mol. The van der Waals surface area contributed by atoms with E-state index in [1.807, 2.05) is 31.2 Å². The molecule has 0 heterocycles. The van der Waals surface area contributed by atoms with Crippen molar-refractivity contribution in [3.05, 3.63) is 70.2 Å². The van der Waals surface area contributed by atoms with Gasteiger partial charge in [0.2, 0.25) is 0 Å². The topological polar surface area (TPSA) is 0 Å². The largest absolute Gasteiger partial charge is 0.118 e. The summed E-state index contributed by atoms with van der Waals surface area (Å²) in [6.45, 7) is 2.05. The van der Waals surface area contributed by atoms with Crippen molar-refractivity contribution in [2.45, 2.75) is 25.1 Å². The molecule has 0 aromatic heterocycles. The fraction of sp³-hybridized carbons (Fsp3) is 0.250. The number of rotatable bonds is 4. The molecule has 0 aliphatic heterocycles. The molecule has 0 bridgehead atoms. The van der Waals surface area contributed by atoms with E-state index in [2.05, 4.69) is 24.3 Å². The predicted molar refractivity (Wildman–Crippen MR) is 79.5 cm³/mol. The summed E-state index contributed by atoms with van der Waals surface area (Å²) in [6.07, 6.45) is 1.80. The number of hydrogen-bond acceptors (Lipinski definition) is 0. The first-order valence-corrected chi connectivity index (χ1v) is 6.92. The van der Waals surface area contributed by atoms with E-state index < -0.39 is 0 Å². The zero-order valence-electron chi connectivity index (χ0n) is 10.4. The van der Waals surface area contributed by atoms with Crippen molar-refractivity contribution >= 4 is 23.2 Å². The fourth-order valence-electron chi connectivity index (χ4n) is 1.97. The lowest BCUT2D eigenvalue weighted by atomic mass is 10.0. The summed E-state index contributed by atoms with van der Waals surface area (Å²) in [6, 6.07) is 16.3. The normalized spacial score (nSPS) is 12.4. The van der Waals surface area contributed by atoms with Crippen LogP contribution < -0.4 is 0 Å². The Balaban J connectivity index is 1.99. The van der Waals surface area contributed by atoms with Gasteiger partial charge in [0.25, 0.3) is 0 Å². The van der Waals surface area contributed by atoms with Gasteiger partial charge in [-0.15, -0.1) is 11.6 Å². The Labute approximate surface area is 119 Å². The van der Waals surface area contributed by atoms with Gasteiger partial charge in [-0.05, 0) is 42.5 Å². The quantitative estimate of drug-likeness (QED) is 0.642. The molecule has 0 spiro atoms. The Morgan fingerprint density at radius 2 is 1.78 bits per heavy atom. The minimum atomic E-state index is 0.0450. The van der Waals surface area contributed by atoms with Gasteiger partial charge in [-0.1, -0.05) is 54.1 Å². The molecular formula is C16H16Cl2. The second-order valence-electron chi connectivity index (χ2n) is 4.51. The maximum atomic E-state index is 6.40. The zero-order chi connectivity index (χ0) is 13.0. The van der Waals surface area contributed by atoms with Crippen molar-refractivity contribution in [3.63, 3.8) is 0 Å². The smallest absolute Gasteiger partial charge is 0.0588 e. The van der Waals surface area contributed by atoms with Crippen LogP contribution in [0.4, 0.5) is 0 Å². The van der Waals surface area contributed by atoms with Crippen molar-refractivity contribution in [1.82, 2.24) is 0 Å². The second-order valence-corrected chi connectivity index (χ2v) is 5.45. The number of alkyl halides is 1. The summed E-state index contributed by atoms with van der Waals surface area (Å²) >= 11 is 12.6. The van der Waals surface area contributed by atoms with Crippen LogP contribution in [-0.2, 0) is 6.42 Å². The Morgan fingerprint density at radius 3 is 2.44 bits per heavy atom. The third-order valence-corrected chi connectivity index (χ3v) is 3.86. The molecular weight excluding hydrogens is 263 g/mol. The predicted octanol–water partition coefficient (Wildman–Crippen LogP) is 5.56. The minimum Gasteiger partial charge on any atom is -0.118 e. The molecule has 18 heavy (non-hydrogen) atoms. The summed E-state index contributed by atoms with van der Waals surface area (Å²) in [7, 11) is 0. The van der Waals surface area contributed by atoms with Crippen LogP contribution >= 0.6 is 23.2 Å². The summed E-state index contributed by atoms with van der Waals surface area (Å²) in [5, 5.41) is 0.885. The molecule has 1 unspecified atom stereocenters. The third-order valence-electron chi connectivity index (χ3n) is 3.04. The van der Waals surface area contributed by atoms with Gasteiger partial charge in [0.1, 0.15) is 0 Å². The van der Waals surface area contributed by atoms with E-state index >= 15 is 0 Å². The van der Waals surface area contributed by atoms with E-state index in [1.165, 1.54) is 16.7 Å². The van der Waals surface area contributed by atoms with Crippen molar-refractivity contribution in [3.8, 4) is 0 Å². The lowest BCUT2D eigenvalue weighted by molar-refractivity contribution is 0.793. The van der Waals surface area contributed by atoms with Gasteiger partial charge in [0, 0.05) is 5.02 Å². The molecule has 2 rings (SSSR count). The van der Waals surface area contributed by atoms with E-state index in [4.69, 9.17) is 23.2 Å². The highest BCUT2D eigenvalue weighted by Crippen LogP contribution is 2.27. The van der Waals surface area contributed by atoms with Crippen molar-refractivity contribution in [2.24, 2.45) is 0 Å². The van der Waals surface area contributed by atoms with Crippen LogP contribution in [0.1, 0.15) is 28.5 Å². The molecule has 2 heteroatoms. The molecule has 0 saturated carbocycles. The van der Waals surface area contributed by atoms with Crippen molar-refractivity contribution < 1.29 is 0 Å². The molecule has 94 valence electrons. The van der Waals surface area contributed by atoms with Gasteiger partial charge in [-0.2, -0.15) is 0 Å². The Kier molecular flexibility index (Phi) is 4.68. The van der Waals surface area contributed by atoms with Gasteiger partial charge in [0.05, 0.1) is 5.38 Å². The second kappa shape index (κ2) is 6.26. The zero-order valence-corrected chi connectivity index (χ0v) is 11.9. The lowest BCUT2D eigenvalue weighted by Gasteiger charge is -2.11. The summed E-state index contributed by atoms with van der Waals surface area (Å²) in [5.74, 6) is 0. The molecule has 0 N–H and O–H groups in total. The number of benzene rings is 2. The van der Waals surface area contributed by atoms with Crippen molar-refractivity contribution in [1.29, 1.82) is 0 Å². The summed E-state index contributed by atoms with van der Waals surface area (Å²) in [5.41, 5.74) is 3.53. The first-order valence-electron chi connectivity index (χ1n) is 6.11. The fourth-order valence-corrected chi connectivity index (χ4v) is 2.55. The van der Waals surface area contributed by atoms with Gasteiger partial charge in [-0.3, -0.25) is 0 Å². The molecule has 2 aromatic rings. The molecule has 0 radical (unpaired) electrons. The Morgan fingerprint density at radius 1 is 1.06 bits per heavy atom. The van der Waals surface area contributed by atoms with E-state index in [-0.39, 0.29) is 5.38 Å². The Bertz CT molecular complexity index is 506. The summed E-state index contributed by atoms with van der Waals surface area (Å²) < 4.78 is 0. The van der Waals surface area contributed by atoms with E-state index in [0.29, 0.717) is 0 Å². The SMILES string of the molecule is Cc1ccc(CCC(Cl)c2ccccc2)c(Cl)c1. The van der Waals surface area contributed by atoms with Crippen LogP contribution in [0.25, 0.3) is 0 Å². The van der Waals surface area contributed by atoms with Crippen LogP contribution in [-0.4, -0.2) is 0 Å². The van der Waals surface area contributed by atoms with Crippen LogP contribution in [0.3, 0.4) is 0 Å². The molecule has 0 aliphatic carbocycles. The Hall–Kier alpha value is -0.980. The standard InChI is InChI=1S/C16H16Cl2/c1-12-7-8-14(16(18)11-12)9-10-15(17)13-5-3-2-4-6-13/h2-8,11,15H,9-10H2,1H3. The van der Waals surface area contributed by atoms with Crippen LogP contribution in [0, 0.1) is 6.92 Å². The van der Waals surface area contributed by atoms with Gasteiger partial charge in [0.15, 0.2) is 0 Å².